The summed E-state index contributed by atoms with van der Waals surface area (Å²) in [5.41, 5.74) is 0.518. The van der Waals surface area contributed by atoms with Crippen LogP contribution >= 0.6 is 22.6 Å². The van der Waals surface area contributed by atoms with Crippen LogP contribution in [0.3, 0.4) is 0 Å². The number of hydrogen-bond donors (Lipinski definition) is 2. The second-order valence-electron chi connectivity index (χ2n) is 5.05. The van der Waals surface area contributed by atoms with E-state index in [4.69, 9.17) is 0 Å². The van der Waals surface area contributed by atoms with Gasteiger partial charge in [0.1, 0.15) is 6.04 Å². The van der Waals surface area contributed by atoms with Gasteiger partial charge >= 0.3 is 0 Å². The fraction of sp³-hybridized carbons (Fsp3) is 0.400. The second-order valence-corrected chi connectivity index (χ2v) is 6.30. The van der Waals surface area contributed by atoms with E-state index >= 15 is 0 Å². The molecule has 7 heteroatoms. The molecule has 1 fully saturated rings. The number of carbonyl (C=O) groups excluding carboxylic acids is 3. The third kappa shape index (κ3) is 3.96. The summed E-state index contributed by atoms with van der Waals surface area (Å²) in [5, 5.41) is 5.18. The first-order chi connectivity index (χ1) is 10.5. The maximum Gasteiger partial charge on any atom is 0.251 e. The number of hydrogen-bond acceptors (Lipinski definition) is 3. The van der Waals surface area contributed by atoms with Crippen LogP contribution in [0, 0.1) is 3.57 Å². The third-order valence-electron chi connectivity index (χ3n) is 3.61. The summed E-state index contributed by atoms with van der Waals surface area (Å²) in [6, 6.07) is 6.71. The normalized spacial score (nSPS) is 17.2. The second kappa shape index (κ2) is 7.57. The number of likely N-dealkylation sites (tertiary alicyclic amines) is 1. The van der Waals surface area contributed by atoms with Crippen molar-refractivity contribution in [2.24, 2.45) is 0 Å². The van der Waals surface area contributed by atoms with Gasteiger partial charge < -0.3 is 15.5 Å². The third-order valence-corrected chi connectivity index (χ3v) is 4.28. The smallest absolute Gasteiger partial charge is 0.251 e. The molecular formula is C15H18IN3O3. The minimum atomic E-state index is -0.424. The van der Waals surface area contributed by atoms with Crippen LogP contribution in [0.1, 0.15) is 23.2 Å². The molecule has 3 amide bonds. The molecule has 118 valence electrons. The van der Waals surface area contributed by atoms with Crippen LogP contribution in [0.5, 0.6) is 0 Å². The molecule has 6 nitrogen and oxygen atoms in total. The van der Waals surface area contributed by atoms with Crippen LogP contribution in [0.4, 0.5) is 0 Å². The van der Waals surface area contributed by atoms with Crippen molar-refractivity contribution in [2.45, 2.75) is 18.9 Å². The largest absolute Gasteiger partial charge is 0.357 e. The molecule has 0 spiro atoms. The van der Waals surface area contributed by atoms with Crippen molar-refractivity contribution in [3.63, 3.8) is 0 Å². The van der Waals surface area contributed by atoms with E-state index in [9.17, 15) is 14.4 Å². The molecule has 1 aliphatic heterocycles. The Kier molecular flexibility index (Phi) is 5.76. The standard InChI is InChI=1S/C15H18IN3O3/c1-17-15(22)12-6-3-7-19(12)13(20)9-18-14(21)10-4-2-5-11(16)8-10/h2,4-5,8,12H,3,6-7,9H2,1H3,(H,17,22)(H,18,21). The molecule has 1 heterocycles. The topological polar surface area (TPSA) is 78.5 Å². The van der Waals surface area contributed by atoms with Gasteiger partial charge in [-0.1, -0.05) is 6.07 Å². The summed E-state index contributed by atoms with van der Waals surface area (Å²) < 4.78 is 0.954. The summed E-state index contributed by atoms with van der Waals surface area (Å²) in [7, 11) is 1.56. The zero-order valence-electron chi connectivity index (χ0n) is 12.3. The zero-order chi connectivity index (χ0) is 16.1. The number of halogens is 1. The van der Waals surface area contributed by atoms with E-state index < -0.39 is 6.04 Å². The number of amides is 3. The highest BCUT2D eigenvalue weighted by Gasteiger charge is 2.33. The Morgan fingerprint density at radius 2 is 2.14 bits per heavy atom. The van der Waals surface area contributed by atoms with Crippen molar-refractivity contribution < 1.29 is 14.4 Å². The van der Waals surface area contributed by atoms with Gasteiger partial charge in [-0.25, -0.2) is 0 Å². The highest BCUT2D eigenvalue weighted by atomic mass is 127. The summed E-state index contributed by atoms with van der Waals surface area (Å²) in [4.78, 5) is 37.5. The maximum atomic E-state index is 12.2. The Bertz CT molecular complexity index is 591. The minimum Gasteiger partial charge on any atom is -0.357 e. The van der Waals surface area contributed by atoms with Crippen LogP contribution in [-0.2, 0) is 9.59 Å². The number of carbonyl (C=O) groups is 3. The first-order valence-electron chi connectivity index (χ1n) is 7.07. The van der Waals surface area contributed by atoms with Gasteiger partial charge in [0.15, 0.2) is 0 Å². The first-order valence-corrected chi connectivity index (χ1v) is 8.15. The average molecular weight is 415 g/mol. The van der Waals surface area contributed by atoms with Gasteiger partial charge in [-0.3, -0.25) is 14.4 Å². The van der Waals surface area contributed by atoms with Crippen LogP contribution in [0.2, 0.25) is 0 Å². The number of nitrogens with one attached hydrogen (secondary N) is 2. The Labute approximate surface area is 142 Å². The average Bonchev–Trinajstić information content (AvgIpc) is 3.01. The molecule has 1 atom stereocenters. The van der Waals surface area contributed by atoms with Crippen molar-refractivity contribution in [1.82, 2.24) is 15.5 Å². The molecule has 1 unspecified atom stereocenters. The fourth-order valence-electron chi connectivity index (χ4n) is 2.49. The lowest BCUT2D eigenvalue weighted by Gasteiger charge is -2.23. The minimum absolute atomic E-state index is 0.0994. The Morgan fingerprint density at radius 3 is 2.82 bits per heavy atom. The monoisotopic (exact) mass is 415 g/mol. The molecule has 0 bridgehead atoms. The van der Waals surface area contributed by atoms with Gasteiger partial charge in [0.25, 0.3) is 5.91 Å². The fourth-order valence-corrected chi connectivity index (χ4v) is 3.04. The Morgan fingerprint density at radius 1 is 1.36 bits per heavy atom. The molecule has 1 aromatic carbocycles. The zero-order valence-corrected chi connectivity index (χ0v) is 14.4. The maximum absolute atomic E-state index is 12.2. The SMILES string of the molecule is CNC(=O)C1CCCN1C(=O)CNC(=O)c1cccc(I)c1. The van der Waals surface area contributed by atoms with Crippen LogP contribution in [-0.4, -0.2) is 48.8 Å². The van der Waals surface area contributed by atoms with Crippen LogP contribution < -0.4 is 10.6 Å². The molecule has 22 heavy (non-hydrogen) atoms. The predicted molar refractivity (Wildman–Crippen MR) is 90.3 cm³/mol. The predicted octanol–water partition coefficient (Wildman–Crippen LogP) is 0.758. The Balaban J connectivity index is 1.92. The van der Waals surface area contributed by atoms with E-state index in [0.717, 1.165) is 9.99 Å². The van der Waals surface area contributed by atoms with E-state index in [0.29, 0.717) is 18.5 Å². The van der Waals surface area contributed by atoms with Crippen molar-refractivity contribution in [3.05, 3.63) is 33.4 Å². The molecule has 0 aliphatic carbocycles. The van der Waals surface area contributed by atoms with E-state index in [1.807, 2.05) is 6.07 Å². The van der Waals surface area contributed by atoms with E-state index in [-0.39, 0.29) is 24.3 Å². The molecule has 0 aromatic heterocycles. The van der Waals surface area contributed by atoms with E-state index in [2.05, 4.69) is 33.2 Å². The molecule has 0 radical (unpaired) electrons. The van der Waals surface area contributed by atoms with Gasteiger partial charge in [0.05, 0.1) is 6.54 Å². The number of benzene rings is 1. The number of likely N-dealkylation sites (N-methyl/N-ethyl adjacent to an activating group) is 1. The lowest BCUT2D eigenvalue weighted by Crippen LogP contribution is -2.48. The quantitative estimate of drug-likeness (QED) is 0.713. The Hall–Kier alpha value is -1.64. The number of rotatable bonds is 4. The summed E-state index contributed by atoms with van der Waals surface area (Å²) in [6.07, 6.45) is 1.46. The summed E-state index contributed by atoms with van der Waals surface area (Å²) in [5.74, 6) is -0.678. The summed E-state index contributed by atoms with van der Waals surface area (Å²) in [6.45, 7) is 0.452. The van der Waals surface area contributed by atoms with Crippen LogP contribution in [0.15, 0.2) is 24.3 Å². The van der Waals surface area contributed by atoms with Crippen molar-refractivity contribution in [3.8, 4) is 0 Å². The number of nitrogens with zero attached hydrogens (tertiary/aromatic N) is 1. The molecule has 0 saturated carbocycles. The van der Waals surface area contributed by atoms with E-state index in [1.54, 1.807) is 25.2 Å². The van der Waals surface area contributed by atoms with Crippen LogP contribution in [0.25, 0.3) is 0 Å². The highest BCUT2D eigenvalue weighted by Crippen LogP contribution is 2.17. The highest BCUT2D eigenvalue weighted by molar-refractivity contribution is 14.1. The van der Waals surface area contributed by atoms with Gasteiger partial charge in [-0.2, -0.15) is 0 Å². The molecule has 2 N–H and O–H groups in total. The molecule has 2 rings (SSSR count). The molecular weight excluding hydrogens is 397 g/mol. The molecule has 1 aliphatic rings. The van der Waals surface area contributed by atoms with Crippen molar-refractivity contribution >= 4 is 40.3 Å². The summed E-state index contributed by atoms with van der Waals surface area (Å²) >= 11 is 2.13. The first kappa shape index (κ1) is 16.7. The lowest BCUT2D eigenvalue weighted by atomic mass is 10.2. The van der Waals surface area contributed by atoms with Gasteiger partial charge in [0, 0.05) is 22.7 Å². The van der Waals surface area contributed by atoms with Gasteiger partial charge in [-0.15, -0.1) is 0 Å². The van der Waals surface area contributed by atoms with Crippen molar-refractivity contribution in [2.75, 3.05) is 20.1 Å². The van der Waals surface area contributed by atoms with Gasteiger partial charge in [-0.05, 0) is 53.6 Å². The van der Waals surface area contributed by atoms with Crippen molar-refractivity contribution in [1.29, 1.82) is 0 Å². The van der Waals surface area contributed by atoms with Gasteiger partial charge in [0.2, 0.25) is 11.8 Å². The lowest BCUT2D eigenvalue weighted by molar-refractivity contribution is -0.137. The molecule has 1 aromatic rings. The molecule has 1 saturated heterocycles. The van der Waals surface area contributed by atoms with E-state index in [1.165, 1.54) is 4.90 Å².